The molecule has 3 aromatic rings. The molecule has 23 heavy (non-hydrogen) atoms. The highest BCUT2D eigenvalue weighted by molar-refractivity contribution is 8.01. The maximum absolute atomic E-state index is 12.6. The molecular weight excluding hydrogens is 344 g/mol. The standard InChI is InChI=1S/C17H14N2OS3/c20-16(19-9-10-21-15-8-4-2-6-13(15)19)11-22-17-18-12-5-1-3-7-14(12)23-17/h1-8H,9-11H2. The monoisotopic (exact) mass is 358 g/mol. The van der Waals surface area contributed by atoms with Crippen LogP contribution in [0.3, 0.4) is 0 Å². The first-order chi connectivity index (χ1) is 11.3. The van der Waals surface area contributed by atoms with Crippen LogP contribution in [0.1, 0.15) is 0 Å². The number of fused-ring (bicyclic) bond motifs is 2. The van der Waals surface area contributed by atoms with Crippen molar-refractivity contribution in [3.8, 4) is 0 Å². The Labute approximate surface area is 147 Å². The van der Waals surface area contributed by atoms with Gasteiger partial charge in [0, 0.05) is 17.2 Å². The van der Waals surface area contributed by atoms with Crippen LogP contribution in [0.25, 0.3) is 10.2 Å². The molecule has 0 saturated carbocycles. The van der Waals surface area contributed by atoms with E-state index >= 15 is 0 Å². The molecule has 1 aliphatic heterocycles. The Kier molecular flexibility index (Phi) is 4.29. The quantitative estimate of drug-likeness (QED) is 0.644. The van der Waals surface area contributed by atoms with Crippen molar-refractivity contribution in [1.82, 2.24) is 4.98 Å². The zero-order chi connectivity index (χ0) is 15.6. The fraction of sp³-hybridized carbons (Fsp3) is 0.176. The van der Waals surface area contributed by atoms with Crippen molar-refractivity contribution in [1.29, 1.82) is 0 Å². The van der Waals surface area contributed by atoms with Gasteiger partial charge in [0.2, 0.25) is 5.91 Å². The number of hydrogen-bond acceptors (Lipinski definition) is 5. The minimum atomic E-state index is 0.155. The topological polar surface area (TPSA) is 33.2 Å². The van der Waals surface area contributed by atoms with Crippen molar-refractivity contribution < 1.29 is 4.79 Å². The van der Waals surface area contributed by atoms with Crippen molar-refractivity contribution in [2.75, 3.05) is 23.0 Å². The number of rotatable bonds is 3. The van der Waals surface area contributed by atoms with Gasteiger partial charge < -0.3 is 4.90 Å². The minimum Gasteiger partial charge on any atom is -0.310 e. The molecule has 6 heteroatoms. The lowest BCUT2D eigenvalue weighted by Crippen LogP contribution is -2.36. The van der Waals surface area contributed by atoms with E-state index in [-0.39, 0.29) is 5.91 Å². The van der Waals surface area contributed by atoms with Gasteiger partial charge in [-0.15, -0.1) is 23.1 Å². The van der Waals surface area contributed by atoms with Crippen LogP contribution in [0.2, 0.25) is 0 Å². The lowest BCUT2D eigenvalue weighted by molar-refractivity contribution is -0.116. The molecule has 0 radical (unpaired) electrons. The van der Waals surface area contributed by atoms with E-state index in [0.717, 1.165) is 27.8 Å². The number of thioether (sulfide) groups is 2. The second kappa shape index (κ2) is 6.55. The number of amides is 1. The van der Waals surface area contributed by atoms with Crippen molar-refractivity contribution in [3.05, 3.63) is 48.5 Å². The normalized spacial score (nSPS) is 14.0. The summed E-state index contributed by atoms with van der Waals surface area (Å²) in [6, 6.07) is 16.2. The molecule has 0 fully saturated rings. The number of nitrogens with zero attached hydrogens (tertiary/aromatic N) is 2. The van der Waals surface area contributed by atoms with E-state index < -0.39 is 0 Å². The molecule has 2 aromatic carbocycles. The van der Waals surface area contributed by atoms with E-state index in [1.54, 1.807) is 11.3 Å². The van der Waals surface area contributed by atoms with Crippen LogP contribution in [0.5, 0.6) is 0 Å². The van der Waals surface area contributed by atoms with Gasteiger partial charge in [0.15, 0.2) is 4.34 Å². The van der Waals surface area contributed by atoms with Crippen molar-refractivity contribution in [3.63, 3.8) is 0 Å². The van der Waals surface area contributed by atoms with Crippen LogP contribution < -0.4 is 4.90 Å². The number of carbonyl (C=O) groups is 1. The van der Waals surface area contributed by atoms with E-state index in [1.807, 2.05) is 53.1 Å². The maximum atomic E-state index is 12.6. The van der Waals surface area contributed by atoms with Gasteiger partial charge in [0.05, 0.1) is 21.7 Å². The number of benzene rings is 2. The number of aromatic nitrogens is 1. The molecular formula is C17H14N2OS3. The summed E-state index contributed by atoms with van der Waals surface area (Å²) >= 11 is 5.00. The summed E-state index contributed by atoms with van der Waals surface area (Å²) in [5.41, 5.74) is 2.05. The van der Waals surface area contributed by atoms with Crippen LogP contribution in [-0.4, -0.2) is 28.9 Å². The average Bonchev–Trinajstić information content (AvgIpc) is 3.02. The summed E-state index contributed by atoms with van der Waals surface area (Å²) in [5.74, 6) is 1.54. The lowest BCUT2D eigenvalue weighted by atomic mass is 10.3. The fourth-order valence-electron chi connectivity index (χ4n) is 2.54. The molecule has 0 atom stereocenters. The third-order valence-electron chi connectivity index (χ3n) is 3.62. The number of thiazole rings is 1. The highest BCUT2D eigenvalue weighted by Crippen LogP contribution is 2.35. The first-order valence-corrected chi connectivity index (χ1v) is 10.1. The molecule has 3 nitrogen and oxygen atoms in total. The van der Waals surface area contributed by atoms with E-state index in [2.05, 4.69) is 17.1 Å². The van der Waals surface area contributed by atoms with E-state index in [4.69, 9.17) is 0 Å². The Morgan fingerprint density at radius 1 is 1.17 bits per heavy atom. The zero-order valence-electron chi connectivity index (χ0n) is 12.3. The van der Waals surface area contributed by atoms with Gasteiger partial charge >= 0.3 is 0 Å². The molecule has 1 aliphatic rings. The summed E-state index contributed by atoms with van der Waals surface area (Å²) in [5, 5.41) is 0. The van der Waals surface area contributed by atoms with E-state index in [9.17, 15) is 4.79 Å². The summed E-state index contributed by atoms with van der Waals surface area (Å²) < 4.78 is 2.13. The van der Waals surface area contributed by atoms with Crippen LogP contribution in [0.4, 0.5) is 5.69 Å². The Morgan fingerprint density at radius 3 is 2.91 bits per heavy atom. The molecule has 0 N–H and O–H groups in total. The van der Waals surface area contributed by atoms with Gasteiger partial charge in [0.1, 0.15) is 0 Å². The highest BCUT2D eigenvalue weighted by atomic mass is 32.2. The predicted octanol–water partition coefficient (Wildman–Crippen LogP) is 4.53. The van der Waals surface area contributed by atoms with Gasteiger partial charge in [-0.2, -0.15) is 0 Å². The molecule has 1 amide bonds. The Hall–Kier alpha value is -1.50. The van der Waals surface area contributed by atoms with Crippen LogP contribution in [0, 0.1) is 0 Å². The Balaban J connectivity index is 1.48. The average molecular weight is 359 g/mol. The van der Waals surface area contributed by atoms with Gasteiger partial charge in [-0.25, -0.2) is 4.98 Å². The number of hydrogen-bond donors (Lipinski definition) is 0. The van der Waals surface area contributed by atoms with Crippen LogP contribution in [-0.2, 0) is 4.79 Å². The van der Waals surface area contributed by atoms with Gasteiger partial charge in [-0.1, -0.05) is 36.0 Å². The summed E-state index contributed by atoms with van der Waals surface area (Å²) in [6.07, 6.45) is 0. The van der Waals surface area contributed by atoms with Crippen molar-refractivity contribution >= 4 is 56.7 Å². The molecule has 0 bridgehead atoms. The molecule has 116 valence electrons. The van der Waals surface area contributed by atoms with Crippen molar-refractivity contribution in [2.45, 2.75) is 9.24 Å². The fourth-order valence-corrected chi connectivity index (χ4v) is 5.48. The molecule has 4 rings (SSSR count). The SMILES string of the molecule is O=C(CSc1nc2ccccc2s1)N1CCSc2ccccc21. The maximum Gasteiger partial charge on any atom is 0.237 e. The smallest absolute Gasteiger partial charge is 0.237 e. The predicted molar refractivity (Wildman–Crippen MR) is 99.9 cm³/mol. The van der Waals surface area contributed by atoms with Gasteiger partial charge in [-0.05, 0) is 24.3 Å². The first-order valence-electron chi connectivity index (χ1n) is 7.32. The zero-order valence-corrected chi connectivity index (χ0v) is 14.7. The summed E-state index contributed by atoms with van der Waals surface area (Å²) in [7, 11) is 0. The lowest BCUT2D eigenvalue weighted by Gasteiger charge is -2.28. The van der Waals surface area contributed by atoms with Crippen molar-refractivity contribution in [2.24, 2.45) is 0 Å². The highest BCUT2D eigenvalue weighted by Gasteiger charge is 2.22. The van der Waals surface area contributed by atoms with E-state index in [1.165, 1.54) is 21.4 Å². The summed E-state index contributed by atoms with van der Waals surface area (Å²) in [4.78, 5) is 20.3. The number of para-hydroxylation sites is 2. The minimum absolute atomic E-state index is 0.155. The third kappa shape index (κ3) is 3.11. The second-order valence-corrected chi connectivity index (χ2v) is 8.49. The van der Waals surface area contributed by atoms with Crippen LogP contribution in [0.15, 0.2) is 57.8 Å². The largest absolute Gasteiger partial charge is 0.310 e. The first kappa shape index (κ1) is 15.1. The molecule has 0 spiro atoms. The molecule has 0 unspecified atom stereocenters. The van der Waals surface area contributed by atoms with Gasteiger partial charge in [0.25, 0.3) is 0 Å². The molecule has 0 saturated heterocycles. The number of carbonyl (C=O) groups excluding carboxylic acids is 1. The molecule has 1 aromatic heterocycles. The number of anilines is 1. The Bertz CT molecular complexity index is 829. The van der Waals surface area contributed by atoms with Gasteiger partial charge in [-0.3, -0.25) is 4.79 Å². The second-order valence-electron chi connectivity index (χ2n) is 5.10. The third-order valence-corrected chi connectivity index (χ3v) is 6.83. The molecule has 2 heterocycles. The van der Waals surface area contributed by atoms with E-state index in [0.29, 0.717) is 5.75 Å². The molecule has 0 aliphatic carbocycles. The Morgan fingerprint density at radius 2 is 2.00 bits per heavy atom. The summed E-state index contributed by atoms with van der Waals surface area (Å²) in [6.45, 7) is 0.779. The van der Waals surface area contributed by atoms with Crippen LogP contribution >= 0.6 is 34.9 Å².